The van der Waals surface area contributed by atoms with Gasteiger partial charge in [-0.05, 0) is 6.42 Å². The second-order valence-electron chi connectivity index (χ2n) is 2.37. The molecule has 0 aromatic carbocycles. The van der Waals surface area contributed by atoms with E-state index in [1.165, 1.54) is 0 Å². The van der Waals surface area contributed by atoms with Gasteiger partial charge in [-0.3, -0.25) is 4.79 Å². The van der Waals surface area contributed by atoms with Crippen molar-refractivity contribution in [2.75, 3.05) is 13.2 Å². The number of ether oxygens (including phenoxy) is 1. The Morgan fingerprint density at radius 3 is 2.73 bits per heavy atom. The van der Waals surface area contributed by atoms with Crippen LogP contribution in [0.3, 0.4) is 0 Å². The number of hydrogen-bond acceptors (Lipinski definition) is 2. The molecular weight excluding hydrogens is 142 g/mol. The maximum absolute atomic E-state index is 10.4. The molecule has 0 aromatic heterocycles. The van der Waals surface area contributed by atoms with Crippen LogP contribution in [0.4, 0.5) is 0 Å². The first-order valence-corrected chi connectivity index (χ1v) is 3.73. The molecule has 0 aliphatic heterocycles. The molecule has 2 N–H and O–H groups in total. The highest BCUT2D eigenvalue weighted by atomic mass is 16.5. The summed E-state index contributed by atoms with van der Waals surface area (Å²) in [6.45, 7) is 6.46. The smallest absolute Gasteiger partial charge is 0.246 e. The fourth-order valence-corrected chi connectivity index (χ4v) is 0.513. The van der Waals surface area contributed by atoms with E-state index in [0.717, 1.165) is 12.8 Å². The van der Waals surface area contributed by atoms with E-state index < -0.39 is 5.91 Å². The molecule has 1 amide bonds. The molecule has 0 heterocycles. The zero-order valence-electron chi connectivity index (χ0n) is 6.93. The normalized spacial score (nSPS) is 9.55. The first-order chi connectivity index (χ1) is 5.18. The minimum atomic E-state index is -0.485. The first kappa shape index (κ1) is 10.2. The van der Waals surface area contributed by atoms with Crippen molar-refractivity contribution in [3.8, 4) is 0 Å². The van der Waals surface area contributed by atoms with E-state index >= 15 is 0 Å². The lowest BCUT2D eigenvalue weighted by Crippen LogP contribution is -2.17. The van der Waals surface area contributed by atoms with Crippen LogP contribution in [0, 0.1) is 0 Å². The average Bonchev–Trinajstić information content (AvgIpc) is 1.97. The SMILES string of the molecule is C=C(COCCCC)C(N)=O. The molecule has 0 saturated carbocycles. The highest BCUT2D eigenvalue weighted by Crippen LogP contribution is 1.92. The van der Waals surface area contributed by atoms with Crippen LogP contribution in [0.25, 0.3) is 0 Å². The van der Waals surface area contributed by atoms with E-state index in [4.69, 9.17) is 10.5 Å². The number of rotatable bonds is 6. The largest absolute Gasteiger partial charge is 0.377 e. The highest BCUT2D eigenvalue weighted by molar-refractivity contribution is 5.91. The number of amides is 1. The van der Waals surface area contributed by atoms with E-state index in [-0.39, 0.29) is 6.61 Å². The van der Waals surface area contributed by atoms with Crippen LogP contribution in [0.2, 0.25) is 0 Å². The summed E-state index contributed by atoms with van der Waals surface area (Å²) in [4.78, 5) is 10.4. The number of primary amides is 1. The van der Waals surface area contributed by atoms with Crippen LogP contribution in [0.1, 0.15) is 19.8 Å². The monoisotopic (exact) mass is 157 g/mol. The molecule has 64 valence electrons. The van der Waals surface area contributed by atoms with Gasteiger partial charge in [-0.15, -0.1) is 0 Å². The third kappa shape index (κ3) is 5.61. The zero-order valence-corrected chi connectivity index (χ0v) is 6.93. The first-order valence-electron chi connectivity index (χ1n) is 3.73. The molecule has 0 spiro atoms. The van der Waals surface area contributed by atoms with Gasteiger partial charge in [0.1, 0.15) is 0 Å². The number of nitrogens with two attached hydrogens (primary N) is 1. The van der Waals surface area contributed by atoms with E-state index in [1.54, 1.807) is 0 Å². The fourth-order valence-electron chi connectivity index (χ4n) is 0.513. The Balaban J connectivity index is 3.25. The molecule has 0 atom stereocenters. The number of hydrogen-bond donors (Lipinski definition) is 1. The van der Waals surface area contributed by atoms with Crippen molar-refractivity contribution >= 4 is 5.91 Å². The average molecular weight is 157 g/mol. The van der Waals surface area contributed by atoms with Gasteiger partial charge in [-0.1, -0.05) is 19.9 Å². The fraction of sp³-hybridized carbons (Fsp3) is 0.625. The molecule has 3 heteroatoms. The third-order valence-corrected chi connectivity index (χ3v) is 1.27. The number of unbranched alkanes of at least 4 members (excludes halogenated alkanes) is 1. The van der Waals surface area contributed by atoms with Gasteiger partial charge >= 0.3 is 0 Å². The standard InChI is InChI=1S/C8H15NO2/c1-3-4-5-11-6-7(2)8(9)10/h2-6H2,1H3,(H2,9,10). The second kappa shape index (κ2) is 5.92. The van der Waals surface area contributed by atoms with Gasteiger partial charge < -0.3 is 10.5 Å². The van der Waals surface area contributed by atoms with Crippen molar-refractivity contribution in [1.82, 2.24) is 0 Å². The molecule has 3 nitrogen and oxygen atoms in total. The maximum Gasteiger partial charge on any atom is 0.246 e. The van der Waals surface area contributed by atoms with E-state index in [2.05, 4.69) is 13.5 Å². The molecule has 11 heavy (non-hydrogen) atoms. The van der Waals surface area contributed by atoms with E-state index in [9.17, 15) is 4.79 Å². The minimum Gasteiger partial charge on any atom is -0.377 e. The summed E-state index contributed by atoms with van der Waals surface area (Å²) in [5.74, 6) is -0.485. The quantitative estimate of drug-likeness (QED) is 0.459. The summed E-state index contributed by atoms with van der Waals surface area (Å²) in [6.07, 6.45) is 2.09. The van der Waals surface area contributed by atoms with Gasteiger partial charge in [-0.25, -0.2) is 0 Å². The molecule has 0 unspecified atom stereocenters. The van der Waals surface area contributed by atoms with Crippen LogP contribution in [0.15, 0.2) is 12.2 Å². The molecule has 0 rings (SSSR count). The third-order valence-electron chi connectivity index (χ3n) is 1.27. The van der Waals surface area contributed by atoms with Gasteiger partial charge in [0.05, 0.1) is 6.61 Å². The Bertz CT molecular complexity index is 143. The van der Waals surface area contributed by atoms with Gasteiger partial charge in [-0.2, -0.15) is 0 Å². The van der Waals surface area contributed by atoms with Crippen LogP contribution < -0.4 is 5.73 Å². The van der Waals surface area contributed by atoms with Crippen LogP contribution in [-0.4, -0.2) is 19.1 Å². The van der Waals surface area contributed by atoms with Gasteiger partial charge in [0.2, 0.25) is 5.91 Å². The van der Waals surface area contributed by atoms with E-state index in [0.29, 0.717) is 12.2 Å². The Morgan fingerprint density at radius 2 is 2.27 bits per heavy atom. The summed E-state index contributed by atoms with van der Waals surface area (Å²) < 4.78 is 5.10. The van der Waals surface area contributed by atoms with Gasteiger partial charge in [0.25, 0.3) is 0 Å². The summed E-state index contributed by atoms with van der Waals surface area (Å²) in [5, 5.41) is 0. The molecule has 0 fully saturated rings. The highest BCUT2D eigenvalue weighted by Gasteiger charge is 1.99. The van der Waals surface area contributed by atoms with Crippen molar-refractivity contribution < 1.29 is 9.53 Å². The zero-order chi connectivity index (χ0) is 8.69. The van der Waals surface area contributed by atoms with Crippen LogP contribution in [0.5, 0.6) is 0 Å². The predicted molar refractivity (Wildman–Crippen MR) is 44.1 cm³/mol. The summed E-state index contributed by atoms with van der Waals surface area (Å²) in [5.41, 5.74) is 5.27. The molecule has 0 radical (unpaired) electrons. The van der Waals surface area contributed by atoms with Crippen molar-refractivity contribution in [3.63, 3.8) is 0 Å². The van der Waals surface area contributed by atoms with E-state index in [1.807, 2.05) is 0 Å². The molecule has 0 bridgehead atoms. The Kier molecular flexibility index (Phi) is 5.47. The van der Waals surface area contributed by atoms with Crippen molar-refractivity contribution in [2.45, 2.75) is 19.8 Å². The minimum absolute atomic E-state index is 0.259. The molecule has 0 aliphatic carbocycles. The van der Waals surface area contributed by atoms with Crippen molar-refractivity contribution in [1.29, 1.82) is 0 Å². The number of carbonyl (C=O) groups excluding carboxylic acids is 1. The van der Waals surface area contributed by atoms with Gasteiger partial charge in [0.15, 0.2) is 0 Å². The molecule has 0 aromatic rings. The van der Waals surface area contributed by atoms with Crippen LogP contribution >= 0.6 is 0 Å². The Morgan fingerprint density at radius 1 is 1.64 bits per heavy atom. The summed E-state index contributed by atoms with van der Waals surface area (Å²) in [7, 11) is 0. The molecule has 0 saturated heterocycles. The predicted octanol–water partition coefficient (Wildman–Crippen LogP) is 0.845. The Hall–Kier alpha value is -0.830. The number of carbonyl (C=O) groups is 1. The lowest BCUT2D eigenvalue weighted by atomic mass is 10.3. The molecule has 0 aliphatic rings. The van der Waals surface area contributed by atoms with Crippen molar-refractivity contribution in [2.24, 2.45) is 5.73 Å². The summed E-state index contributed by atoms with van der Waals surface area (Å²) in [6, 6.07) is 0. The van der Waals surface area contributed by atoms with Crippen LogP contribution in [-0.2, 0) is 9.53 Å². The second-order valence-corrected chi connectivity index (χ2v) is 2.37. The van der Waals surface area contributed by atoms with Gasteiger partial charge in [0, 0.05) is 12.2 Å². The topological polar surface area (TPSA) is 52.3 Å². The molecular formula is C8H15NO2. The van der Waals surface area contributed by atoms with Crippen molar-refractivity contribution in [3.05, 3.63) is 12.2 Å². The lowest BCUT2D eigenvalue weighted by Gasteiger charge is -2.02. The lowest BCUT2D eigenvalue weighted by molar-refractivity contribution is -0.115. The Labute approximate surface area is 67.2 Å². The summed E-state index contributed by atoms with van der Waals surface area (Å²) >= 11 is 0. The maximum atomic E-state index is 10.4.